The van der Waals surface area contributed by atoms with E-state index in [4.69, 9.17) is 12.2 Å². The predicted molar refractivity (Wildman–Crippen MR) is 95.0 cm³/mol. The van der Waals surface area contributed by atoms with E-state index in [1.54, 1.807) is 0 Å². The van der Waals surface area contributed by atoms with Gasteiger partial charge in [0.25, 0.3) is 0 Å². The van der Waals surface area contributed by atoms with Gasteiger partial charge in [-0.3, -0.25) is 5.43 Å². The number of hydrogen-bond donors (Lipinski definition) is 2. The van der Waals surface area contributed by atoms with Crippen molar-refractivity contribution in [1.82, 2.24) is 5.43 Å². The summed E-state index contributed by atoms with van der Waals surface area (Å²) in [6, 6.07) is 6.22. The first-order chi connectivity index (χ1) is 10.2. The lowest BCUT2D eigenvalue weighted by molar-refractivity contribution is 0.604. The Morgan fingerprint density at radius 1 is 1.00 bits per heavy atom. The van der Waals surface area contributed by atoms with Crippen molar-refractivity contribution in [3.63, 3.8) is 0 Å². The van der Waals surface area contributed by atoms with E-state index < -0.39 is 0 Å². The molecule has 0 unspecified atom stereocenters. The number of benzene rings is 1. The van der Waals surface area contributed by atoms with E-state index in [1.807, 2.05) is 0 Å². The maximum Gasteiger partial charge on any atom is 0.191 e. The molecule has 2 rings (SSSR count). The summed E-state index contributed by atoms with van der Waals surface area (Å²) in [7, 11) is 0. The Labute approximate surface area is 133 Å². The maximum atomic E-state index is 5.36. The van der Waals surface area contributed by atoms with Gasteiger partial charge in [0.15, 0.2) is 5.11 Å². The Morgan fingerprint density at radius 3 is 2.19 bits per heavy atom. The lowest BCUT2D eigenvalue weighted by Crippen LogP contribution is -2.26. The van der Waals surface area contributed by atoms with Gasteiger partial charge in [-0.15, -0.1) is 0 Å². The zero-order chi connectivity index (χ0) is 15.1. The van der Waals surface area contributed by atoms with Gasteiger partial charge in [0.2, 0.25) is 0 Å². The van der Waals surface area contributed by atoms with Crippen LogP contribution in [0.2, 0.25) is 0 Å². The van der Waals surface area contributed by atoms with Gasteiger partial charge >= 0.3 is 0 Å². The largest absolute Gasteiger partial charge is 0.331 e. The summed E-state index contributed by atoms with van der Waals surface area (Å²) < 4.78 is 0. The molecule has 3 nitrogen and oxygen atoms in total. The molecule has 1 aliphatic carbocycles. The molecule has 0 bridgehead atoms. The molecule has 0 amide bonds. The van der Waals surface area contributed by atoms with Gasteiger partial charge in [-0.1, -0.05) is 37.5 Å². The Hall–Kier alpha value is -1.42. The average Bonchev–Trinajstić information content (AvgIpc) is 2.42. The highest BCUT2D eigenvalue weighted by molar-refractivity contribution is 7.80. The number of rotatable bonds is 2. The van der Waals surface area contributed by atoms with Crippen molar-refractivity contribution in [2.24, 2.45) is 5.10 Å². The minimum absolute atomic E-state index is 0.571. The number of aryl methyl sites for hydroxylation is 2. The molecule has 0 aliphatic heterocycles. The van der Waals surface area contributed by atoms with Gasteiger partial charge in [0.05, 0.1) is 0 Å². The topological polar surface area (TPSA) is 36.4 Å². The molecule has 1 aliphatic rings. The van der Waals surface area contributed by atoms with Crippen molar-refractivity contribution in [3.8, 4) is 0 Å². The Balaban J connectivity index is 1.92. The summed E-state index contributed by atoms with van der Waals surface area (Å²) in [4.78, 5) is 0. The first-order valence-electron chi connectivity index (χ1n) is 7.85. The summed E-state index contributed by atoms with van der Waals surface area (Å²) in [6.45, 7) is 4.16. The molecule has 1 aromatic carbocycles. The monoisotopic (exact) mass is 303 g/mol. The molecule has 4 heteroatoms. The van der Waals surface area contributed by atoms with Gasteiger partial charge in [0, 0.05) is 11.4 Å². The molecule has 1 saturated carbocycles. The second-order valence-corrected chi connectivity index (χ2v) is 6.19. The van der Waals surface area contributed by atoms with Gasteiger partial charge in [-0.2, -0.15) is 5.10 Å². The molecule has 1 aromatic rings. The van der Waals surface area contributed by atoms with Crippen LogP contribution in [0.15, 0.2) is 23.3 Å². The quantitative estimate of drug-likeness (QED) is 0.614. The third-order valence-electron chi connectivity index (χ3n) is 3.97. The molecule has 0 radical (unpaired) electrons. The first-order valence-corrected chi connectivity index (χ1v) is 8.26. The lowest BCUT2D eigenvalue weighted by Gasteiger charge is -2.14. The molecular weight excluding hydrogens is 278 g/mol. The van der Waals surface area contributed by atoms with Crippen molar-refractivity contribution >= 4 is 28.7 Å². The highest BCUT2D eigenvalue weighted by Gasteiger charge is 2.06. The zero-order valence-corrected chi connectivity index (χ0v) is 13.9. The maximum absolute atomic E-state index is 5.36. The van der Waals surface area contributed by atoms with Gasteiger partial charge in [-0.05, 0) is 62.9 Å². The number of hydrazone groups is 1. The van der Waals surface area contributed by atoms with Crippen molar-refractivity contribution in [3.05, 3.63) is 29.3 Å². The number of thiocarbonyl (C=S) groups is 1. The highest BCUT2D eigenvalue weighted by atomic mass is 32.1. The van der Waals surface area contributed by atoms with Crippen LogP contribution in [0.25, 0.3) is 0 Å². The van der Waals surface area contributed by atoms with Crippen LogP contribution in [0.1, 0.15) is 56.1 Å². The first kappa shape index (κ1) is 16.0. The van der Waals surface area contributed by atoms with E-state index in [-0.39, 0.29) is 0 Å². The lowest BCUT2D eigenvalue weighted by atomic mass is 9.99. The van der Waals surface area contributed by atoms with Crippen LogP contribution >= 0.6 is 12.2 Å². The highest BCUT2D eigenvalue weighted by Crippen LogP contribution is 2.19. The molecule has 0 spiro atoms. The zero-order valence-electron chi connectivity index (χ0n) is 13.0. The van der Waals surface area contributed by atoms with E-state index in [2.05, 4.69) is 47.9 Å². The summed E-state index contributed by atoms with van der Waals surface area (Å²) in [5.74, 6) is 0. The fraction of sp³-hybridized carbons (Fsp3) is 0.529. The molecule has 0 saturated heterocycles. The van der Waals surface area contributed by atoms with Crippen LogP contribution < -0.4 is 10.7 Å². The van der Waals surface area contributed by atoms with E-state index in [1.165, 1.54) is 48.9 Å². The number of para-hydroxylation sites is 1. The molecule has 0 atom stereocenters. The van der Waals surface area contributed by atoms with Crippen molar-refractivity contribution in [2.75, 3.05) is 5.32 Å². The van der Waals surface area contributed by atoms with Gasteiger partial charge in [0.1, 0.15) is 0 Å². The standard InChI is InChI=1S/C17H25N3S/c1-13-9-8-10-14(2)16(13)18-17(21)20-19-15-11-6-4-3-5-7-12-15/h8-10H,3-7,11-12H2,1-2H3,(H2,18,20,21). The fourth-order valence-corrected chi connectivity index (χ4v) is 2.86. The molecule has 1 fully saturated rings. The third kappa shape index (κ3) is 5.12. The predicted octanol–water partition coefficient (Wildman–Crippen LogP) is 4.69. The summed E-state index contributed by atoms with van der Waals surface area (Å²) >= 11 is 5.36. The molecule has 0 aromatic heterocycles. The third-order valence-corrected chi connectivity index (χ3v) is 4.16. The number of nitrogens with zero attached hydrogens (tertiary/aromatic N) is 1. The smallest absolute Gasteiger partial charge is 0.191 e. The van der Waals surface area contributed by atoms with Gasteiger partial charge < -0.3 is 5.32 Å². The summed E-state index contributed by atoms with van der Waals surface area (Å²) in [5.41, 5.74) is 7.72. The molecule has 21 heavy (non-hydrogen) atoms. The molecular formula is C17H25N3S. The molecule has 2 N–H and O–H groups in total. The SMILES string of the molecule is Cc1cccc(C)c1NC(=S)NN=C1CCCCCCC1. The molecule has 114 valence electrons. The number of nitrogens with one attached hydrogen (secondary N) is 2. The van der Waals surface area contributed by atoms with Crippen molar-refractivity contribution in [1.29, 1.82) is 0 Å². The minimum atomic E-state index is 0.571. The van der Waals surface area contributed by atoms with Crippen molar-refractivity contribution in [2.45, 2.75) is 58.8 Å². The van der Waals surface area contributed by atoms with Gasteiger partial charge in [-0.25, -0.2) is 0 Å². The second kappa shape index (κ2) is 8.13. The average molecular weight is 303 g/mol. The van der Waals surface area contributed by atoms with Crippen LogP contribution in [-0.4, -0.2) is 10.8 Å². The van der Waals surface area contributed by atoms with Crippen molar-refractivity contribution < 1.29 is 0 Å². The normalized spacial score (nSPS) is 15.8. The van der Waals surface area contributed by atoms with Crippen LogP contribution in [0.4, 0.5) is 5.69 Å². The fourth-order valence-electron chi connectivity index (χ4n) is 2.71. The summed E-state index contributed by atoms with van der Waals surface area (Å²) in [6.07, 6.45) is 8.70. The molecule has 0 heterocycles. The van der Waals surface area contributed by atoms with Crippen LogP contribution in [-0.2, 0) is 0 Å². The van der Waals surface area contributed by atoms with E-state index in [0.29, 0.717) is 5.11 Å². The van der Waals surface area contributed by atoms with Crippen LogP contribution in [0.5, 0.6) is 0 Å². The number of hydrogen-bond acceptors (Lipinski definition) is 2. The Morgan fingerprint density at radius 2 is 1.57 bits per heavy atom. The summed E-state index contributed by atoms with van der Waals surface area (Å²) in [5, 5.41) is 8.33. The van der Waals surface area contributed by atoms with E-state index >= 15 is 0 Å². The number of anilines is 1. The Kier molecular flexibility index (Phi) is 6.18. The van der Waals surface area contributed by atoms with Crippen LogP contribution in [0, 0.1) is 13.8 Å². The second-order valence-electron chi connectivity index (χ2n) is 5.78. The van der Waals surface area contributed by atoms with Crippen LogP contribution in [0.3, 0.4) is 0 Å². The van der Waals surface area contributed by atoms with E-state index in [0.717, 1.165) is 18.5 Å². The Bertz CT molecular complexity index is 493. The van der Waals surface area contributed by atoms with E-state index in [9.17, 15) is 0 Å². The minimum Gasteiger partial charge on any atom is -0.331 e.